The third-order valence-electron chi connectivity index (χ3n) is 2.37. The predicted octanol–water partition coefficient (Wildman–Crippen LogP) is 3.73. The van der Waals surface area contributed by atoms with Gasteiger partial charge in [-0.1, -0.05) is 11.6 Å². The molecule has 0 bridgehead atoms. The summed E-state index contributed by atoms with van der Waals surface area (Å²) in [6.45, 7) is 0. The Balaban J connectivity index is 2.01. The van der Waals surface area contributed by atoms with Crippen LogP contribution in [0, 0.1) is 0 Å². The molecule has 0 aromatic carbocycles. The number of allylic oxidation sites excluding steroid dienone is 2. The molecule has 1 aromatic heterocycles. The molecule has 0 aliphatic heterocycles. The molecule has 1 aliphatic carbocycles. The van der Waals surface area contributed by atoms with Crippen molar-refractivity contribution in [2.75, 3.05) is 0 Å². The fourth-order valence-electron chi connectivity index (χ4n) is 1.59. The van der Waals surface area contributed by atoms with Crippen molar-refractivity contribution < 1.29 is 4.79 Å². The Kier molecular flexibility index (Phi) is 3.19. The van der Waals surface area contributed by atoms with Crippen molar-refractivity contribution in [3.05, 3.63) is 32.4 Å². The number of Topliss-reactive ketones (excluding diaryl/α,β-unsaturated/α-hetero) is 1. The molecule has 0 radical (unpaired) electrons. The Labute approximate surface area is 96.0 Å². The highest BCUT2D eigenvalue weighted by Gasteiger charge is 2.11. The van der Waals surface area contributed by atoms with Gasteiger partial charge in [-0.2, -0.15) is 0 Å². The number of halogens is 1. The molecule has 0 saturated heterocycles. The molecule has 1 aromatic rings. The molecule has 0 amide bonds. The van der Waals surface area contributed by atoms with Crippen molar-refractivity contribution in [3.8, 4) is 0 Å². The Morgan fingerprint density at radius 1 is 1.36 bits per heavy atom. The molecule has 0 atom stereocenters. The van der Waals surface area contributed by atoms with Gasteiger partial charge < -0.3 is 0 Å². The second-order valence-corrected chi connectivity index (χ2v) is 6.04. The third kappa shape index (κ3) is 2.55. The smallest absolute Gasteiger partial charge is 0.136 e. The quantitative estimate of drug-likeness (QED) is 0.749. The standard InChI is InChI=1S/C11H11BrOS/c12-11-6-5-10(14-11)7-8-1-3-9(13)4-2-8/h1,5-6H,2-4,7H2. The van der Waals surface area contributed by atoms with E-state index < -0.39 is 0 Å². The zero-order valence-electron chi connectivity index (χ0n) is 7.75. The number of carbonyl (C=O) groups excluding carboxylic acids is 1. The number of hydrogen-bond acceptors (Lipinski definition) is 2. The molecule has 1 heterocycles. The fourth-order valence-corrected chi connectivity index (χ4v) is 3.13. The first-order valence-electron chi connectivity index (χ1n) is 4.68. The minimum atomic E-state index is 0.376. The van der Waals surface area contributed by atoms with Crippen LogP contribution in [0.15, 0.2) is 27.6 Å². The van der Waals surface area contributed by atoms with E-state index in [2.05, 4.69) is 34.1 Å². The van der Waals surface area contributed by atoms with Gasteiger partial charge in [-0.15, -0.1) is 11.3 Å². The zero-order chi connectivity index (χ0) is 9.97. The molecule has 3 heteroatoms. The van der Waals surface area contributed by atoms with Crippen molar-refractivity contribution in [3.63, 3.8) is 0 Å². The second kappa shape index (κ2) is 4.41. The van der Waals surface area contributed by atoms with E-state index in [0.717, 1.165) is 19.3 Å². The molecule has 0 fully saturated rings. The first-order valence-corrected chi connectivity index (χ1v) is 6.29. The van der Waals surface area contributed by atoms with Crippen molar-refractivity contribution in [1.82, 2.24) is 0 Å². The van der Waals surface area contributed by atoms with Gasteiger partial charge in [0.05, 0.1) is 3.79 Å². The Hall–Kier alpha value is -0.410. The molecular formula is C11H11BrOS. The summed E-state index contributed by atoms with van der Waals surface area (Å²) in [5.74, 6) is 0.376. The van der Waals surface area contributed by atoms with Gasteiger partial charge in [0.1, 0.15) is 5.78 Å². The monoisotopic (exact) mass is 270 g/mol. The molecule has 2 rings (SSSR count). The van der Waals surface area contributed by atoms with E-state index in [1.165, 1.54) is 14.2 Å². The molecule has 74 valence electrons. The van der Waals surface area contributed by atoms with Crippen LogP contribution in [0.3, 0.4) is 0 Å². The van der Waals surface area contributed by atoms with Gasteiger partial charge in [0.15, 0.2) is 0 Å². The average Bonchev–Trinajstić information content (AvgIpc) is 2.56. The lowest BCUT2D eigenvalue weighted by atomic mass is 9.96. The van der Waals surface area contributed by atoms with Crippen LogP contribution < -0.4 is 0 Å². The summed E-state index contributed by atoms with van der Waals surface area (Å²) in [7, 11) is 0. The minimum Gasteiger partial charge on any atom is -0.299 e. The predicted molar refractivity (Wildman–Crippen MR) is 62.7 cm³/mol. The molecular weight excluding hydrogens is 260 g/mol. The van der Waals surface area contributed by atoms with Crippen LogP contribution in [0.1, 0.15) is 24.1 Å². The highest BCUT2D eigenvalue weighted by Crippen LogP contribution is 2.26. The highest BCUT2D eigenvalue weighted by atomic mass is 79.9. The van der Waals surface area contributed by atoms with E-state index in [0.29, 0.717) is 12.2 Å². The molecule has 0 spiro atoms. The van der Waals surface area contributed by atoms with E-state index in [1.54, 1.807) is 11.3 Å². The molecule has 14 heavy (non-hydrogen) atoms. The summed E-state index contributed by atoms with van der Waals surface area (Å²) in [5, 5.41) is 0. The fraction of sp³-hybridized carbons (Fsp3) is 0.364. The summed E-state index contributed by atoms with van der Waals surface area (Å²) in [6, 6.07) is 4.22. The van der Waals surface area contributed by atoms with E-state index in [-0.39, 0.29) is 0 Å². The maximum Gasteiger partial charge on any atom is 0.136 e. The van der Waals surface area contributed by atoms with Gasteiger partial charge >= 0.3 is 0 Å². The van der Waals surface area contributed by atoms with E-state index >= 15 is 0 Å². The summed E-state index contributed by atoms with van der Waals surface area (Å²) in [4.78, 5) is 12.4. The van der Waals surface area contributed by atoms with Crippen LogP contribution in [0.5, 0.6) is 0 Å². The normalized spacial score (nSPS) is 16.9. The van der Waals surface area contributed by atoms with Crippen LogP contribution in [-0.4, -0.2) is 5.78 Å². The molecule has 1 aliphatic rings. The first-order chi connectivity index (χ1) is 6.74. The van der Waals surface area contributed by atoms with Gasteiger partial charge in [0.25, 0.3) is 0 Å². The maximum absolute atomic E-state index is 11.0. The van der Waals surface area contributed by atoms with Crippen LogP contribution in [0.4, 0.5) is 0 Å². The van der Waals surface area contributed by atoms with Crippen LogP contribution in [-0.2, 0) is 11.2 Å². The van der Waals surface area contributed by atoms with Crippen molar-refractivity contribution >= 4 is 33.0 Å². The third-order valence-corrected chi connectivity index (χ3v) is 4.00. The van der Waals surface area contributed by atoms with Crippen LogP contribution in [0.25, 0.3) is 0 Å². The number of ketones is 1. The van der Waals surface area contributed by atoms with Crippen molar-refractivity contribution in [1.29, 1.82) is 0 Å². The van der Waals surface area contributed by atoms with Gasteiger partial charge in [-0.3, -0.25) is 4.79 Å². The number of thiophene rings is 1. The zero-order valence-corrected chi connectivity index (χ0v) is 10.2. The number of carbonyl (C=O) groups is 1. The number of hydrogen-bond donors (Lipinski definition) is 0. The van der Waals surface area contributed by atoms with Crippen molar-refractivity contribution in [2.45, 2.75) is 25.7 Å². The first kappa shape index (κ1) is 10.1. The molecule has 1 nitrogen and oxygen atoms in total. The van der Waals surface area contributed by atoms with E-state index in [9.17, 15) is 4.79 Å². The van der Waals surface area contributed by atoms with Crippen LogP contribution in [0.2, 0.25) is 0 Å². The Morgan fingerprint density at radius 2 is 2.21 bits per heavy atom. The summed E-state index contributed by atoms with van der Waals surface area (Å²) in [5.41, 5.74) is 1.42. The summed E-state index contributed by atoms with van der Waals surface area (Å²) < 4.78 is 1.18. The minimum absolute atomic E-state index is 0.376. The maximum atomic E-state index is 11.0. The number of rotatable bonds is 2. The van der Waals surface area contributed by atoms with Gasteiger partial charge in [0, 0.05) is 24.1 Å². The lowest BCUT2D eigenvalue weighted by Crippen LogP contribution is -2.04. The average molecular weight is 271 g/mol. The lowest BCUT2D eigenvalue weighted by Gasteiger charge is -2.10. The topological polar surface area (TPSA) is 17.1 Å². The Bertz CT molecular complexity index is 378. The SMILES string of the molecule is O=C1CC=C(Cc2ccc(Br)s2)CC1. The second-order valence-electron chi connectivity index (χ2n) is 3.49. The molecule has 0 N–H and O–H groups in total. The van der Waals surface area contributed by atoms with Crippen molar-refractivity contribution in [2.24, 2.45) is 0 Å². The summed E-state index contributed by atoms with van der Waals surface area (Å²) >= 11 is 5.22. The highest BCUT2D eigenvalue weighted by molar-refractivity contribution is 9.11. The van der Waals surface area contributed by atoms with Gasteiger partial charge in [-0.05, 0) is 34.5 Å². The van der Waals surface area contributed by atoms with E-state index in [1.807, 2.05) is 0 Å². The largest absolute Gasteiger partial charge is 0.299 e. The van der Waals surface area contributed by atoms with Gasteiger partial charge in [0.2, 0.25) is 0 Å². The van der Waals surface area contributed by atoms with Crippen LogP contribution >= 0.6 is 27.3 Å². The molecule has 0 saturated carbocycles. The van der Waals surface area contributed by atoms with E-state index in [4.69, 9.17) is 0 Å². The molecule has 0 unspecified atom stereocenters. The summed E-state index contributed by atoms with van der Waals surface area (Å²) in [6.07, 6.45) is 5.44. The van der Waals surface area contributed by atoms with Gasteiger partial charge in [-0.25, -0.2) is 0 Å². The lowest BCUT2D eigenvalue weighted by molar-refractivity contribution is -0.118. The Morgan fingerprint density at radius 3 is 2.79 bits per heavy atom.